The summed E-state index contributed by atoms with van der Waals surface area (Å²) in [6, 6.07) is 8.99. The average molecular weight is 416 g/mol. The Morgan fingerprint density at radius 2 is 1.73 bits per heavy atom. The Morgan fingerprint density at radius 1 is 1.10 bits per heavy atom. The number of benzene rings is 1. The molecule has 2 rings (SSSR count). The number of aliphatic imine (C=N–C) groups is 1. The van der Waals surface area contributed by atoms with E-state index in [9.17, 15) is 4.79 Å². The quantitative estimate of drug-likeness (QED) is 0.295. The third-order valence-corrected chi connectivity index (χ3v) is 5.99. The summed E-state index contributed by atoms with van der Waals surface area (Å²) in [4.78, 5) is 18.0. The maximum atomic E-state index is 11.2. The number of guanidine groups is 1. The SMILES string of the molecule is CN=C(NCCCCN1CCC(C(N)=O)CC1)NCCCc1ccc(C(C)C)cc1. The van der Waals surface area contributed by atoms with Crippen LogP contribution in [-0.2, 0) is 11.2 Å². The molecule has 0 atom stereocenters. The van der Waals surface area contributed by atoms with E-state index in [0.29, 0.717) is 5.92 Å². The van der Waals surface area contributed by atoms with Crippen LogP contribution in [0.2, 0.25) is 0 Å². The van der Waals surface area contributed by atoms with Crippen molar-refractivity contribution in [1.29, 1.82) is 0 Å². The van der Waals surface area contributed by atoms with Crippen molar-refractivity contribution in [3.05, 3.63) is 35.4 Å². The average Bonchev–Trinajstić information content (AvgIpc) is 2.75. The number of rotatable bonds is 11. The third kappa shape index (κ3) is 8.74. The van der Waals surface area contributed by atoms with E-state index in [1.165, 1.54) is 11.1 Å². The fourth-order valence-corrected chi connectivity index (χ4v) is 3.90. The normalized spacial score (nSPS) is 16.1. The zero-order valence-electron chi connectivity index (χ0n) is 19.1. The number of likely N-dealkylation sites (tertiary alicyclic amines) is 1. The van der Waals surface area contributed by atoms with E-state index < -0.39 is 0 Å². The molecule has 1 fully saturated rings. The molecule has 0 spiro atoms. The second-order valence-electron chi connectivity index (χ2n) is 8.65. The number of nitrogens with two attached hydrogens (primary N) is 1. The van der Waals surface area contributed by atoms with Crippen molar-refractivity contribution < 1.29 is 4.79 Å². The lowest BCUT2D eigenvalue weighted by Crippen LogP contribution is -2.40. The standard InChI is InChI=1S/C24H41N5O/c1-19(2)21-10-8-20(9-11-21)7-6-15-28-24(26-3)27-14-4-5-16-29-17-12-22(13-18-29)23(25)30/h8-11,19,22H,4-7,12-18H2,1-3H3,(H2,25,30)(H2,26,27,28). The van der Waals surface area contributed by atoms with Crippen molar-refractivity contribution in [2.75, 3.05) is 39.8 Å². The van der Waals surface area contributed by atoms with E-state index >= 15 is 0 Å². The van der Waals surface area contributed by atoms with Gasteiger partial charge in [0.15, 0.2) is 5.96 Å². The first-order chi connectivity index (χ1) is 14.5. The maximum Gasteiger partial charge on any atom is 0.220 e. The van der Waals surface area contributed by atoms with Gasteiger partial charge >= 0.3 is 0 Å². The maximum absolute atomic E-state index is 11.2. The van der Waals surface area contributed by atoms with Crippen LogP contribution in [0.5, 0.6) is 0 Å². The van der Waals surface area contributed by atoms with Gasteiger partial charge in [-0.05, 0) is 75.2 Å². The molecule has 30 heavy (non-hydrogen) atoms. The van der Waals surface area contributed by atoms with Crippen LogP contribution in [0.3, 0.4) is 0 Å². The predicted molar refractivity (Wildman–Crippen MR) is 126 cm³/mol. The van der Waals surface area contributed by atoms with Crippen molar-refractivity contribution in [3.63, 3.8) is 0 Å². The lowest BCUT2D eigenvalue weighted by Gasteiger charge is -2.30. The van der Waals surface area contributed by atoms with Crippen LogP contribution >= 0.6 is 0 Å². The number of hydrogen-bond donors (Lipinski definition) is 3. The van der Waals surface area contributed by atoms with E-state index in [-0.39, 0.29) is 11.8 Å². The Hall–Kier alpha value is -2.08. The van der Waals surface area contributed by atoms with Crippen molar-refractivity contribution in [3.8, 4) is 0 Å². The van der Waals surface area contributed by atoms with E-state index in [2.05, 4.69) is 58.6 Å². The van der Waals surface area contributed by atoms with Crippen molar-refractivity contribution >= 4 is 11.9 Å². The van der Waals surface area contributed by atoms with Gasteiger partial charge < -0.3 is 21.3 Å². The van der Waals surface area contributed by atoms with E-state index in [1.807, 2.05) is 7.05 Å². The van der Waals surface area contributed by atoms with Crippen LogP contribution in [0.4, 0.5) is 0 Å². The fraction of sp³-hybridized carbons (Fsp3) is 0.667. The summed E-state index contributed by atoms with van der Waals surface area (Å²) >= 11 is 0. The van der Waals surface area contributed by atoms with Gasteiger partial charge in [-0.2, -0.15) is 0 Å². The summed E-state index contributed by atoms with van der Waals surface area (Å²) in [6.45, 7) is 9.37. The number of aryl methyl sites for hydroxylation is 1. The minimum absolute atomic E-state index is 0.0803. The molecule has 0 aromatic heterocycles. The largest absolute Gasteiger partial charge is 0.369 e. The van der Waals surface area contributed by atoms with Gasteiger partial charge in [0.1, 0.15) is 0 Å². The number of unbranched alkanes of at least 4 members (excludes halogenated alkanes) is 1. The van der Waals surface area contributed by atoms with Crippen LogP contribution in [0.15, 0.2) is 29.3 Å². The third-order valence-electron chi connectivity index (χ3n) is 5.99. The van der Waals surface area contributed by atoms with Crippen molar-refractivity contribution in [2.45, 2.75) is 58.3 Å². The highest BCUT2D eigenvalue weighted by molar-refractivity contribution is 5.79. The topological polar surface area (TPSA) is 82.8 Å². The molecule has 1 aromatic rings. The molecule has 0 bridgehead atoms. The van der Waals surface area contributed by atoms with Crippen LogP contribution in [-0.4, -0.2) is 56.5 Å². The number of amides is 1. The summed E-state index contributed by atoms with van der Waals surface area (Å²) in [5.74, 6) is 1.41. The van der Waals surface area contributed by atoms with Crippen LogP contribution < -0.4 is 16.4 Å². The minimum Gasteiger partial charge on any atom is -0.369 e. The molecule has 1 saturated heterocycles. The summed E-state index contributed by atoms with van der Waals surface area (Å²) < 4.78 is 0. The number of carbonyl (C=O) groups excluding carboxylic acids is 1. The van der Waals surface area contributed by atoms with Gasteiger partial charge in [0.25, 0.3) is 0 Å². The number of carbonyl (C=O) groups is 1. The van der Waals surface area contributed by atoms with Gasteiger partial charge in [0, 0.05) is 26.1 Å². The van der Waals surface area contributed by atoms with E-state index in [1.54, 1.807) is 0 Å². The van der Waals surface area contributed by atoms with Crippen molar-refractivity contribution in [2.24, 2.45) is 16.6 Å². The smallest absolute Gasteiger partial charge is 0.220 e. The Bertz CT molecular complexity index is 648. The first kappa shape index (κ1) is 24.2. The molecule has 6 nitrogen and oxygen atoms in total. The van der Waals surface area contributed by atoms with Gasteiger partial charge in [0.2, 0.25) is 5.91 Å². The molecule has 0 saturated carbocycles. The molecule has 168 valence electrons. The lowest BCUT2D eigenvalue weighted by molar-refractivity contribution is -0.123. The minimum atomic E-state index is -0.137. The highest BCUT2D eigenvalue weighted by Gasteiger charge is 2.22. The van der Waals surface area contributed by atoms with Crippen LogP contribution in [0, 0.1) is 5.92 Å². The molecular weight excluding hydrogens is 374 g/mol. The number of piperidine rings is 1. The van der Waals surface area contributed by atoms with Gasteiger partial charge in [0.05, 0.1) is 0 Å². The van der Waals surface area contributed by atoms with Crippen molar-refractivity contribution in [1.82, 2.24) is 15.5 Å². The summed E-state index contributed by atoms with van der Waals surface area (Å²) in [5, 5.41) is 6.82. The molecule has 0 unspecified atom stereocenters. The second-order valence-corrected chi connectivity index (χ2v) is 8.65. The lowest BCUT2D eigenvalue weighted by atomic mass is 9.96. The number of primary amides is 1. The number of hydrogen-bond acceptors (Lipinski definition) is 3. The molecule has 0 radical (unpaired) electrons. The highest BCUT2D eigenvalue weighted by Crippen LogP contribution is 2.17. The molecule has 4 N–H and O–H groups in total. The summed E-state index contributed by atoms with van der Waals surface area (Å²) in [6.07, 6.45) is 6.24. The molecule has 1 aliphatic heterocycles. The molecular formula is C24H41N5O. The monoisotopic (exact) mass is 415 g/mol. The molecule has 1 amide bonds. The van der Waals surface area contributed by atoms with Gasteiger partial charge in [-0.3, -0.25) is 9.79 Å². The van der Waals surface area contributed by atoms with Crippen LogP contribution in [0.1, 0.15) is 63.0 Å². The van der Waals surface area contributed by atoms with Gasteiger partial charge in [-0.15, -0.1) is 0 Å². The number of nitrogens with one attached hydrogen (secondary N) is 2. The summed E-state index contributed by atoms with van der Waals surface area (Å²) in [7, 11) is 1.82. The Balaban J connectivity index is 1.51. The Kier molecular flexibility index (Phi) is 10.7. The first-order valence-electron chi connectivity index (χ1n) is 11.5. The molecule has 1 aromatic carbocycles. The molecule has 1 heterocycles. The first-order valence-corrected chi connectivity index (χ1v) is 11.5. The Morgan fingerprint density at radius 3 is 2.30 bits per heavy atom. The highest BCUT2D eigenvalue weighted by atomic mass is 16.1. The zero-order valence-corrected chi connectivity index (χ0v) is 19.1. The number of nitrogens with zero attached hydrogens (tertiary/aromatic N) is 2. The fourth-order valence-electron chi connectivity index (χ4n) is 3.90. The second kappa shape index (κ2) is 13.3. The molecule has 0 aliphatic carbocycles. The molecule has 6 heteroatoms. The van der Waals surface area contributed by atoms with E-state index in [4.69, 9.17) is 5.73 Å². The predicted octanol–water partition coefficient (Wildman–Crippen LogP) is 2.89. The zero-order chi connectivity index (χ0) is 21.8. The van der Waals surface area contributed by atoms with E-state index in [0.717, 1.165) is 77.2 Å². The summed E-state index contributed by atoms with van der Waals surface area (Å²) in [5.41, 5.74) is 8.19. The van der Waals surface area contributed by atoms with Crippen LogP contribution in [0.25, 0.3) is 0 Å². The molecule has 1 aliphatic rings. The Labute approximate surface area is 182 Å². The van der Waals surface area contributed by atoms with Gasteiger partial charge in [-0.25, -0.2) is 0 Å². The van der Waals surface area contributed by atoms with Gasteiger partial charge in [-0.1, -0.05) is 38.1 Å².